The normalized spacial score (nSPS) is 11.8. The lowest BCUT2D eigenvalue weighted by atomic mass is 9.96. The molecule has 3 heteroatoms. The van der Waals surface area contributed by atoms with Crippen molar-refractivity contribution in [1.82, 2.24) is 0 Å². The molecule has 0 saturated heterocycles. The van der Waals surface area contributed by atoms with Gasteiger partial charge in [-0.25, -0.2) is 0 Å². The van der Waals surface area contributed by atoms with E-state index >= 15 is 0 Å². The molecule has 92 valence electrons. The SMILES string of the molecule is CCCCCCC(CCC#N)C(=O)OCC. The molecule has 0 aromatic carbocycles. The average molecular weight is 225 g/mol. The molecule has 16 heavy (non-hydrogen) atoms. The predicted octanol–water partition coefficient (Wildman–Crippen LogP) is 3.44. The highest BCUT2D eigenvalue weighted by Crippen LogP contribution is 2.17. The highest BCUT2D eigenvalue weighted by Gasteiger charge is 2.18. The first-order valence-corrected chi connectivity index (χ1v) is 6.29. The summed E-state index contributed by atoms with van der Waals surface area (Å²) in [7, 11) is 0. The van der Waals surface area contributed by atoms with Crippen LogP contribution in [-0.2, 0) is 9.53 Å². The van der Waals surface area contributed by atoms with Crippen LogP contribution in [0, 0.1) is 17.2 Å². The third kappa shape index (κ3) is 7.28. The Morgan fingerprint density at radius 2 is 2.00 bits per heavy atom. The molecule has 0 spiro atoms. The van der Waals surface area contributed by atoms with Gasteiger partial charge in [0.2, 0.25) is 0 Å². The van der Waals surface area contributed by atoms with E-state index in [0.717, 1.165) is 12.8 Å². The van der Waals surface area contributed by atoms with E-state index in [1.165, 1.54) is 19.3 Å². The molecule has 1 atom stereocenters. The van der Waals surface area contributed by atoms with Crippen LogP contribution in [0.15, 0.2) is 0 Å². The van der Waals surface area contributed by atoms with Crippen LogP contribution in [0.3, 0.4) is 0 Å². The van der Waals surface area contributed by atoms with Crippen molar-refractivity contribution in [2.45, 2.75) is 58.8 Å². The van der Waals surface area contributed by atoms with Crippen molar-refractivity contribution in [2.24, 2.45) is 5.92 Å². The van der Waals surface area contributed by atoms with E-state index < -0.39 is 0 Å². The lowest BCUT2D eigenvalue weighted by molar-refractivity contribution is -0.148. The van der Waals surface area contributed by atoms with E-state index in [2.05, 4.69) is 13.0 Å². The van der Waals surface area contributed by atoms with Crippen LogP contribution in [-0.4, -0.2) is 12.6 Å². The highest BCUT2D eigenvalue weighted by atomic mass is 16.5. The number of carbonyl (C=O) groups is 1. The van der Waals surface area contributed by atoms with Gasteiger partial charge in [-0.15, -0.1) is 0 Å². The average Bonchev–Trinajstić information content (AvgIpc) is 2.28. The molecule has 0 aliphatic carbocycles. The second-order valence-electron chi connectivity index (χ2n) is 4.00. The summed E-state index contributed by atoms with van der Waals surface area (Å²) < 4.78 is 5.01. The molecule has 0 saturated carbocycles. The summed E-state index contributed by atoms with van der Waals surface area (Å²) in [5.41, 5.74) is 0. The van der Waals surface area contributed by atoms with Gasteiger partial charge in [0, 0.05) is 6.42 Å². The molecule has 0 radical (unpaired) electrons. The summed E-state index contributed by atoms with van der Waals surface area (Å²) >= 11 is 0. The number of esters is 1. The van der Waals surface area contributed by atoms with Gasteiger partial charge in [0.1, 0.15) is 0 Å². The smallest absolute Gasteiger partial charge is 0.308 e. The zero-order chi connectivity index (χ0) is 12.2. The highest BCUT2D eigenvalue weighted by molar-refractivity contribution is 5.72. The zero-order valence-corrected chi connectivity index (χ0v) is 10.5. The van der Waals surface area contributed by atoms with Gasteiger partial charge in [-0.1, -0.05) is 32.6 Å². The first-order chi connectivity index (χ1) is 7.76. The number of rotatable bonds is 9. The van der Waals surface area contributed by atoms with Gasteiger partial charge < -0.3 is 4.74 Å². The number of carbonyl (C=O) groups excluding carboxylic acids is 1. The summed E-state index contributed by atoms with van der Waals surface area (Å²) in [6, 6.07) is 2.09. The van der Waals surface area contributed by atoms with Gasteiger partial charge in [-0.05, 0) is 19.8 Å². The first-order valence-electron chi connectivity index (χ1n) is 6.29. The molecule has 0 aliphatic rings. The van der Waals surface area contributed by atoms with Crippen LogP contribution >= 0.6 is 0 Å². The molecule has 0 aromatic rings. The Balaban J connectivity index is 3.90. The van der Waals surface area contributed by atoms with E-state index in [0.29, 0.717) is 19.4 Å². The molecule has 0 rings (SSSR count). The molecule has 0 heterocycles. The van der Waals surface area contributed by atoms with Gasteiger partial charge in [-0.2, -0.15) is 5.26 Å². The Morgan fingerprint density at radius 1 is 1.25 bits per heavy atom. The van der Waals surface area contributed by atoms with Crippen LogP contribution in [0.25, 0.3) is 0 Å². The number of unbranched alkanes of at least 4 members (excludes halogenated alkanes) is 3. The van der Waals surface area contributed by atoms with E-state index in [1.807, 2.05) is 6.92 Å². The standard InChI is InChI=1S/C13H23NO2/c1-3-5-6-7-9-12(10-8-11-14)13(15)16-4-2/h12H,3-10H2,1-2H3. The monoisotopic (exact) mass is 225 g/mol. The van der Waals surface area contributed by atoms with Gasteiger partial charge in [0.15, 0.2) is 0 Å². The van der Waals surface area contributed by atoms with E-state index in [1.54, 1.807) is 0 Å². The predicted molar refractivity (Wildman–Crippen MR) is 63.7 cm³/mol. The maximum Gasteiger partial charge on any atom is 0.308 e. The second-order valence-corrected chi connectivity index (χ2v) is 4.00. The van der Waals surface area contributed by atoms with Crippen LogP contribution in [0.4, 0.5) is 0 Å². The number of hydrogen-bond donors (Lipinski definition) is 0. The minimum Gasteiger partial charge on any atom is -0.466 e. The summed E-state index contributed by atoms with van der Waals surface area (Å²) in [4.78, 5) is 11.6. The maximum atomic E-state index is 11.6. The van der Waals surface area contributed by atoms with E-state index in [-0.39, 0.29) is 11.9 Å². The summed E-state index contributed by atoms with van der Waals surface area (Å²) in [6.45, 7) is 4.41. The van der Waals surface area contributed by atoms with Crippen molar-refractivity contribution < 1.29 is 9.53 Å². The molecule has 0 N–H and O–H groups in total. The molecule has 0 amide bonds. The maximum absolute atomic E-state index is 11.6. The van der Waals surface area contributed by atoms with Gasteiger partial charge in [0.25, 0.3) is 0 Å². The van der Waals surface area contributed by atoms with E-state index in [4.69, 9.17) is 10.00 Å². The van der Waals surface area contributed by atoms with E-state index in [9.17, 15) is 4.79 Å². The van der Waals surface area contributed by atoms with Crippen molar-refractivity contribution >= 4 is 5.97 Å². The van der Waals surface area contributed by atoms with Crippen LogP contribution in [0.5, 0.6) is 0 Å². The van der Waals surface area contributed by atoms with Crippen LogP contribution in [0.1, 0.15) is 58.8 Å². The minimum atomic E-state index is -0.130. The molecule has 0 bridgehead atoms. The molecule has 1 unspecified atom stereocenters. The fourth-order valence-corrected chi connectivity index (χ4v) is 1.70. The van der Waals surface area contributed by atoms with Crippen LogP contribution in [0.2, 0.25) is 0 Å². The fraction of sp³-hybridized carbons (Fsp3) is 0.846. The lowest BCUT2D eigenvalue weighted by Crippen LogP contribution is -2.17. The number of hydrogen-bond acceptors (Lipinski definition) is 3. The summed E-state index contributed by atoms with van der Waals surface area (Å²) in [5.74, 6) is -0.203. The fourth-order valence-electron chi connectivity index (χ4n) is 1.70. The summed E-state index contributed by atoms with van der Waals surface area (Å²) in [6.07, 6.45) is 6.58. The lowest BCUT2D eigenvalue weighted by Gasteiger charge is -2.13. The van der Waals surface area contributed by atoms with Gasteiger partial charge >= 0.3 is 5.97 Å². The number of nitriles is 1. The molecule has 0 fully saturated rings. The zero-order valence-electron chi connectivity index (χ0n) is 10.5. The quantitative estimate of drug-likeness (QED) is 0.446. The topological polar surface area (TPSA) is 50.1 Å². The number of nitrogens with zero attached hydrogens (tertiary/aromatic N) is 1. The third-order valence-electron chi connectivity index (χ3n) is 2.63. The van der Waals surface area contributed by atoms with Crippen molar-refractivity contribution in [1.29, 1.82) is 5.26 Å². The third-order valence-corrected chi connectivity index (χ3v) is 2.63. The van der Waals surface area contributed by atoms with Crippen LogP contribution < -0.4 is 0 Å². The molecular formula is C13H23NO2. The van der Waals surface area contributed by atoms with Crippen molar-refractivity contribution in [2.75, 3.05) is 6.61 Å². The Hall–Kier alpha value is -1.04. The Bertz CT molecular complexity index is 220. The minimum absolute atomic E-state index is 0.0727. The van der Waals surface area contributed by atoms with Crippen molar-refractivity contribution in [3.8, 4) is 6.07 Å². The van der Waals surface area contributed by atoms with Gasteiger partial charge in [0.05, 0.1) is 18.6 Å². The molecule has 0 aromatic heterocycles. The van der Waals surface area contributed by atoms with Crippen molar-refractivity contribution in [3.63, 3.8) is 0 Å². The van der Waals surface area contributed by atoms with Gasteiger partial charge in [-0.3, -0.25) is 4.79 Å². The molecular weight excluding hydrogens is 202 g/mol. The second kappa shape index (κ2) is 10.5. The number of ether oxygens (including phenoxy) is 1. The first kappa shape index (κ1) is 15.0. The Labute approximate surface area is 98.8 Å². The largest absolute Gasteiger partial charge is 0.466 e. The Kier molecular flexibility index (Phi) is 9.80. The Morgan fingerprint density at radius 3 is 2.56 bits per heavy atom. The summed E-state index contributed by atoms with van der Waals surface area (Å²) in [5, 5.41) is 8.53. The molecule has 0 aliphatic heterocycles. The molecule has 3 nitrogen and oxygen atoms in total. The van der Waals surface area contributed by atoms with Crippen molar-refractivity contribution in [3.05, 3.63) is 0 Å².